The van der Waals surface area contributed by atoms with Gasteiger partial charge in [0.15, 0.2) is 19.9 Å². The second kappa shape index (κ2) is 3.78. The maximum absolute atomic E-state index is 5.23. The van der Waals surface area contributed by atoms with Crippen molar-refractivity contribution in [2.45, 2.75) is 13.2 Å². The minimum Gasteiger partial charge on any atom is -0.329 e. The molecule has 2 rings (SSSR count). The molecule has 0 aromatic carbocycles. The predicted octanol–water partition coefficient (Wildman–Crippen LogP) is 0.762. The maximum atomic E-state index is 5.23. The Balaban J connectivity index is 2.18. The summed E-state index contributed by atoms with van der Waals surface area (Å²) in [4.78, 5) is 0. The molecule has 0 saturated carbocycles. The van der Waals surface area contributed by atoms with E-state index in [4.69, 9.17) is 14.2 Å². The first-order chi connectivity index (χ1) is 6.38. The molecule has 70 valence electrons. The van der Waals surface area contributed by atoms with Gasteiger partial charge < -0.3 is 14.2 Å². The Morgan fingerprint density at radius 3 is 2.85 bits per heavy atom. The average Bonchev–Trinajstić information content (AvgIpc) is 2.20. The lowest BCUT2D eigenvalue weighted by atomic mass is 10.2. The van der Waals surface area contributed by atoms with Gasteiger partial charge in [0, 0.05) is 5.56 Å². The van der Waals surface area contributed by atoms with Crippen LogP contribution in [0.3, 0.4) is 0 Å². The molecule has 13 heavy (non-hydrogen) atoms. The van der Waals surface area contributed by atoms with Crippen LogP contribution < -0.4 is 0 Å². The van der Waals surface area contributed by atoms with Crippen LogP contribution in [0.5, 0.6) is 0 Å². The quantitative estimate of drug-likeness (QED) is 0.641. The van der Waals surface area contributed by atoms with Crippen molar-refractivity contribution < 1.29 is 14.2 Å². The number of aromatic nitrogens is 2. The standard InChI is InChI=1S/C8H10N2O3/c1-6-7(2-3-9-10-6)8-12-4-11-5-13-8/h2-3,8H,4-5H2,1H3. The second-order valence-electron chi connectivity index (χ2n) is 2.68. The molecule has 5 nitrogen and oxygen atoms in total. The largest absolute Gasteiger partial charge is 0.329 e. The lowest BCUT2D eigenvalue weighted by molar-refractivity contribution is -0.303. The minimum atomic E-state index is -0.371. The van der Waals surface area contributed by atoms with Gasteiger partial charge in [-0.3, -0.25) is 0 Å². The highest BCUT2D eigenvalue weighted by Gasteiger charge is 2.18. The zero-order chi connectivity index (χ0) is 9.10. The van der Waals surface area contributed by atoms with E-state index in [1.807, 2.05) is 13.0 Å². The third kappa shape index (κ3) is 1.82. The van der Waals surface area contributed by atoms with E-state index in [2.05, 4.69) is 10.2 Å². The molecule has 5 heteroatoms. The first-order valence-corrected chi connectivity index (χ1v) is 3.97. The third-order valence-corrected chi connectivity index (χ3v) is 1.81. The first-order valence-electron chi connectivity index (χ1n) is 3.97. The van der Waals surface area contributed by atoms with Crippen molar-refractivity contribution >= 4 is 0 Å². The zero-order valence-corrected chi connectivity index (χ0v) is 7.27. The first kappa shape index (κ1) is 8.55. The lowest BCUT2D eigenvalue weighted by Crippen LogP contribution is -2.21. The van der Waals surface area contributed by atoms with Crippen LogP contribution in [0.2, 0.25) is 0 Å². The van der Waals surface area contributed by atoms with Gasteiger partial charge in [0.05, 0.1) is 11.9 Å². The van der Waals surface area contributed by atoms with E-state index in [1.165, 1.54) is 0 Å². The molecule has 0 bridgehead atoms. The molecule has 1 aliphatic heterocycles. The summed E-state index contributed by atoms with van der Waals surface area (Å²) < 4.78 is 15.3. The van der Waals surface area contributed by atoms with E-state index < -0.39 is 0 Å². The van der Waals surface area contributed by atoms with Crippen LogP contribution in [0.25, 0.3) is 0 Å². The molecule has 0 amide bonds. The van der Waals surface area contributed by atoms with Crippen LogP contribution in [-0.2, 0) is 14.2 Å². The SMILES string of the molecule is Cc1nnccc1C1OCOCO1. The Bertz CT molecular complexity index is 286. The molecule has 1 aromatic rings. The molecule has 0 unspecified atom stereocenters. The summed E-state index contributed by atoms with van der Waals surface area (Å²) in [6.07, 6.45) is 1.24. The van der Waals surface area contributed by atoms with Gasteiger partial charge in [0.1, 0.15) is 0 Å². The van der Waals surface area contributed by atoms with E-state index in [0.29, 0.717) is 0 Å². The van der Waals surface area contributed by atoms with Crippen LogP contribution in [0.4, 0.5) is 0 Å². The van der Waals surface area contributed by atoms with E-state index in [-0.39, 0.29) is 19.9 Å². The number of nitrogens with zero attached hydrogens (tertiary/aromatic N) is 2. The van der Waals surface area contributed by atoms with Crippen LogP contribution in [-0.4, -0.2) is 23.8 Å². The fourth-order valence-corrected chi connectivity index (χ4v) is 1.14. The Labute approximate surface area is 75.6 Å². The van der Waals surface area contributed by atoms with Gasteiger partial charge in [-0.2, -0.15) is 10.2 Å². The molecule has 0 N–H and O–H groups in total. The molecule has 1 aromatic heterocycles. The molecule has 0 aliphatic carbocycles. The van der Waals surface area contributed by atoms with Crippen molar-refractivity contribution in [1.29, 1.82) is 0 Å². The van der Waals surface area contributed by atoms with Crippen LogP contribution in [0.15, 0.2) is 12.3 Å². The fourth-order valence-electron chi connectivity index (χ4n) is 1.14. The van der Waals surface area contributed by atoms with Crippen LogP contribution >= 0.6 is 0 Å². The smallest absolute Gasteiger partial charge is 0.191 e. The van der Waals surface area contributed by atoms with Gasteiger partial charge >= 0.3 is 0 Å². The van der Waals surface area contributed by atoms with Crippen molar-refractivity contribution in [2.24, 2.45) is 0 Å². The molecule has 0 atom stereocenters. The number of hydrogen-bond acceptors (Lipinski definition) is 5. The van der Waals surface area contributed by atoms with E-state index in [0.717, 1.165) is 11.3 Å². The fraction of sp³-hybridized carbons (Fsp3) is 0.500. The van der Waals surface area contributed by atoms with E-state index in [9.17, 15) is 0 Å². The zero-order valence-electron chi connectivity index (χ0n) is 7.27. The molecule has 1 aliphatic rings. The molecule has 1 saturated heterocycles. The summed E-state index contributed by atoms with van der Waals surface area (Å²) in [5.41, 5.74) is 1.72. The highest BCUT2D eigenvalue weighted by atomic mass is 16.8. The van der Waals surface area contributed by atoms with Crippen molar-refractivity contribution in [2.75, 3.05) is 13.6 Å². The highest BCUT2D eigenvalue weighted by molar-refractivity contribution is 5.17. The maximum Gasteiger partial charge on any atom is 0.191 e. The summed E-state index contributed by atoms with van der Waals surface area (Å²) in [6, 6.07) is 1.83. The molecule has 2 heterocycles. The van der Waals surface area contributed by atoms with Crippen LogP contribution in [0, 0.1) is 6.92 Å². The summed E-state index contributed by atoms with van der Waals surface area (Å²) in [5, 5.41) is 7.65. The Morgan fingerprint density at radius 1 is 1.38 bits per heavy atom. The van der Waals surface area contributed by atoms with E-state index in [1.54, 1.807) is 6.20 Å². The Hall–Kier alpha value is -1.04. The third-order valence-electron chi connectivity index (χ3n) is 1.81. The van der Waals surface area contributed by atoms with Crippen molar-refractivity contribution in [3.8, 4) is 0 Å². The molecule has 0 spiro atoms. The van der Waals surface area contributed by atoms with Gasteiger partial charge in [-0.05, 0) is 13.0 Å². The van der Waals surface area contributed by atoms with E-state index >= 15 is 0 Å². The monoisotopic (exact) mass is 182 g/mol. The summed E-state index contributed by atoms with van der Waals surface area (Å²) >= 11 is 0. The Morgan fingerprint density at radius 2 is 2.15 bits per heavy atom. The predicted molar refractivity (Wildman–Crippen MR) is 42.5 cm³/mol. The van der Waals surface area contributed by atoms with Crippen molar-refractivity contribution in [1.82, 2.24) is 10.2 Å². The molecular weight excluding hydrogens is 172 g/mol. The van der Waals surface area contributed by atoms with Gasteiger partial charge in [-0.1, -0.05) is 0 Å². The lowest BCUT2D eigenvalue weighted by Gasteiger charge is -2.23. The van der Waals surface area contributed by atoms with Crippen LogP contribution in [0.1, 0.15) is 17.5 Å². The number of aryl methyl sites for hydroxylation is 1. The number of rotatable bonds is 1. The van der Waals surface area contributed by atoms with Crippen molar-refractivity contribution in [3.63, 3.8) is 0 Å². The number of hydrogen-bond donors (Lipinski definition) is 0. The second-order valence-corrected chi connectivity index (χ2v) is 2.68. The van der Waals surface area contributed by atoms with Crippen molar-refractivity contribution in [3.05, 3.63) is 23.5 Å². The van der Waals surface area contributed by atoms with Gasteiger partial charge in [0.25, 0.3) is 0 Å². The normalized spacial score (nSPS) is 18.8. The summed E-state index contributed by atoms with van der Waals surface area (Å²) in [5.74, 6) is 0. The van der Waals surface area contributed by atoms with Gasteiger partial charge in [0.2, 0.25) is 0 Å². The molecule has 1 fully saturated rings. The average molecular weight is 182 g/mol. The highest BCUT2D eigenvalue weighted by Crippen LogP contribution is 2.22. The molecule has 0 radical (unpaired) electrons. The number of ether oxygens (including phenoxy) is 3. The molecular formula is C8H10N2O3. The summed E-state index contributed by atoms with van der Waals surface area (Å²) in [7, 11) is 0. The minimum absolute atomic E-state index is 0.256. The van der Waals surface area contributed by atoms with Gasteiger partial charge in [-0.15, -0.1) is 0 Å². The van der Waals surface area contributed by atoms with Gasteiger partial charge in [-0.25, -0.2) is 0 Å². The topological polar surface area (TPSA) is 53.5 Å². The summed E-state index contributed by atoms with van der Waals surface area (Å²) in [6.45, 7) is 2.38. The Kier molecular flexibility index (Phi) is 2.49.